The minimum absolute atomic E-state index is 0.0274. The summed E-state index contributed by atoms with van der Waals surface area (Å²) in [6.45, 7) is 5.83. The fourth-order valence-electron chi connectivity index (χ4n) is 2.74. The van der Waals surface area contributed by atoms with Gasteiger partial charge >= 0.3 is 0 Å². The van der Waals surface area contributed by atoms with Crippen LogP contribution in [-0.4, -0.2) is 32.7 Å². The Labute approximate surface area is 163 Å². The van der Waals surface area contributed by atoms with Gasteiger partial charge in [-0.3, -0.25) is 4.98 Å². The second kappa shape index (κ2) is 8.75. The van der Waals surface area contributed by atoms with E-state index in [0.29, 0.717) is 17.5 Å². The van der Waals surface area contributed by atoms with E-state index in [4.69, 9.17) is 0 Å². The molecule has 0 unspecified atom stereocenters. The van der Waals surface area contributed by atoms with Gasteiger partial charge in [-0.25, -0.2) is 9.37 Å². The number of rotatable bonds is 7. The minimum Gasteiger partial charge on any atom is -0.394 e. The summed E-state index contributed by atoms with van der Waals surface area (Å²) in [7, 11) is 0. The van der Waals surface area contributed by atoms with Gasteiger partial charge in [-0.1, -0.05) is 13.8 Å². The standard InChI is InChI=1S/C21H24FN5O/c1-13(2)19(12-28)26-21-25-18(15-6-8-23-9-7-15)11-20(27-21)24-17-5-4-16(22)10-14(17)3/h4-11,13,19,28H,12H2,1-3H3,(H2,24,25,26,27)/t19-/m1/s1. The minimum atomic E-state index is -0.284. The fourth-order valence-corrected chi connectivity index (χ4v) is 2.74. The van der Waals surface area contributed by atoms with Crippen LogP contribution in [0.3, 0.4) is 0 Å². The van der Waals surface area contributed by atoms with Crippen molar-refractivity contribution < 1.29 is 9.50 Å². The first kappa shape index (κ1) is 19.7. The predicted molar refractivity (Wildman–Crippen MR) is 109 cm³/mol. The van der Waals surface area contributed by atoms with Crippen LogP contribution in [0.25, 0.3) is 11.3 Å². The normalized spacial score (nSPS) is 12.1. The molecule has 0 amide bonds. The van der Waals surface area contributed by atoms with Crippen molar-refractivity contribution in [2.24, 2.45) is 5.92 Å². The average Bonchev–Trinajstić information content (AvgIpc) is 2.68. The monoisotopic (exact) mass is 381 g/mol. The van der Waals surface area contributed by atoms with Crippen LogP contribution >= 0.6 is 0 Å². The summed E-state index contributed by atoms with van der Waals surface area (Å²) < 4.78 is 13.4. The fraction of sp³-hybridized carbons (Fsp3) is 0.286. The van der Waals surface area contributed by atoms with Gasteiger partial charge in [0.1, 0.15) is 11.6 Å². The molecule has 0 aliphatic heterocycles. The first-order valence-corrected chi connectivity index (χ1v) is 9.16. The molecular formula is C21H24FN5O. The van der Waals surface area contributed by atoms with Crippen molar-refractivity contribution >= 4 is 17.5 Å². The molecule has 7 heteroatoms. The van der Waals surface area contributed by atoms with E-state index in [1.165, 1.54) is 12.1 Å². The summed E-state index contributed by atoms with van der Waals surface area (Å²) in [4.78, 5) is 13.2. The highest BCUT2D eigenvalue weighted by molar-refractivity contribution is 5.68. The molecule has 6 nitrogen and oxygen atoms in total. The molecule has 0 radical (unpaired) electrons. The van der Waals surface area contributed by atoms with Gasteiger partial charge in [0.05, 0.1) is 18.3 Å². The zero-order valence-corrected chi connectivity index (χ0v) is 16.1. The van der Waals surface area contributed by atoms with E-state index in [2.05, 4.69) is 25.6 Å². The van der Waals surface area contributed by atoms with Crippen LogP contribution in [0.1, 0.15) is 19.4 Å². The molecule has 3 aromatic rings. The van der Waals surface area contributed by atoms with E-state index in [1.807, 2.05) is 39.0 Å². The largest absolute Gasteiger partial charge is 0.394 e. The number of aliphatic hydroxyl groups excluding tert-OH is 1. The highest BCUT2D eigenvalue weighted by Crippen LogP contribution is 2.25. The van der Waals surface area contributed by atoms with E-state index in [0.717, 1.165) is 16.8 Å². The zero-order chi connectivity index (χ0) is 20.1. The van der Waals surface area contributed by atoms with Crippen molar-refractivity contribution in [2.75, 3.05) is 17.2 Å². The quantitative estimate of drug-likeness (QED) is 0.570. The Kier molecular flexibility index (Phi) is 6.16. The van der Waals surface area contributed by atoms with E-state index in [-0.39, 0.29) is 24.4 Å². The van der Waals surface area contributed by atoms with Gasteiger partial charge in [-0.05, 0) is 48.7 Å². The van der Waals surface area contributed by atoms with Crippen LogP contribution in [-0.2, 0) is 0 Å². The molecule has 28 heavy (non-hydrogen) atoms. The summed E-state index contributed by atoms with van der Waals surface area (Å²) in [6, 6.07) is 9.93. The van der Waals surface area contributed by atoms with E-state index in [9.17, 15) is 9.50 Å². The topological polar surface area (TPSA) is 83.0 Å². The van der Waals surface area contributed by atoms with Gasteiger partial charge < -0.3 is 15.7 Å². The number of anilines is 3. The number of halogens is 1. The molecule has 2 heterocycles. The molecule has 1 atom stereocenters. The van der Waals surface area contributed by atoms with Crippen LogP contribution in [0.5, 0.6) is 0 Å². The molecule has 3 N–H and O–H groups in total. The van der Waals surface area contributed by atoms with Crippen LogP contribution in [0.15, 0.2) is 48.8 Å². The first-order valence-electron chi connectivity index (χ1n) is 9.16. The lowest BCUT2D eigenvalue weighted by Gasteiger charge is -2.21. The highest BCUT2D eigenvalue weighted by Gasteiger charge is 2.15. The summed E-state index contributed by atoms with van der Waals surface area (Å²) in [5.41, 5.74) is 3.13. The smallest absolute Gasteiger partial charge is 0.225 e. The third-order valence-corrected chi connectivity index (χ3v) is 4.47. The Morgan fingerprint density at radius 3 is 2.46 bits per heavy atom. The van der Waals surface area contributed by atoms with Gasteiger partial charge in [-0.15, -0.1) is 0 Å². The molecule has 0 saturated carbocycles. The SMILES string of the molecule is Cc1cc(F)ccc1Nc1cc(-c2ccncc2)nc(N[C@H](CO)C(C)C)n1. The van der Waals surface area contributed by atoms with E-state index < -0.39 is 0 Å². The Bertz CT molecular complexity index is 933. The molecule has 0 aliphatic carbocycles. The van der Waals surface area contributed by atoms with Gasteiger partial charge in [0, 0.05) is 29.7 Å². The number of aromatic nitrogens is 3. The van der Waals surface area contributed by atoms with E-state index in [1.54, 1.807) is 18.5 Å². The van der Waals surface area contributed by atoms with Crippen LogP contribution in [0.2, 0.25) is 0 Å². The molecule has 0 saturated heterocycles. The molecule has 0 spiro atoms. The number of hydrogen-bond acceptors (Lipinski definition) is 6. The maximum atomic E-state index is 13.4. The molecule has 1 aromatic carbocycles. The second-order valence-corrected chi connectivity index (χ2v) is 6.96. The molecule has 3 rings (SSSR count). The maximum absolute atomic E-state index is 13.4. The van der Waals surface area contributed by atoms with Gasteiger partial charge in [-0.2, -0.15) is 4.98 Å². The van der Waals surface area contributed by atoms with Crippen molar-refractivity contribution in [1.82, 2.24) is 15.0 Å². The number of hydrogen-bond donors (Lipinski definition) is 3. The lowest BCUT2D eigenvalue weighted by Crippen LogP contribution is -2.30. The van der Waals surface area contributed by atoms with Crippen molar-refractivity contribution in [3.8, 4) is 11.3 Å². The molecule has 0 bridgehead atoms. The molecule has 0 fully saturated rings. The third-order valence-electron chi connectivity index (χ3n) is 4.47. The molecular weight excluding hydrogens is 357 g/mol. The van der Waals surface area contributed by atoms with Crippen molar-refractivity contribution in [2.45, 2.75) is 26.8 Å². The Morgan fingerprint density at radius 1 is 1.07 bits per heavy atom. The Hall–Kier alpha value is -3.06. The average molecular weight is 381 g/mol. The Balaban J connectivity index is 1.99. The third kappa shape index (κ3) is 4.80. The first-order chi connectivity index (χ1) is 13.5. The van der Waals surface area contributed by atoms with E-state index >= 15 is 0 Å². The van der Waals surface area contributed by atoms with Crippen LogP contribution in [0, 0.1) is 18.7 Å². The van der Waals surface area contributed by atoms with Crippen molar-refractivity contribution in [3.05, 3.63) is 60.2 Å². The predicted octanol–water partition coefficient (Wildman–Crippen LogP) is 4.16. The lowest BCUT2D eigenvalue weighted by atomic mass is 10.1. The van der Waals surface area contributed by atoms with Gasteiger partial charge in [0.25, 0.3) is 0 Å². The zero-order valence-electron chi connectivity index (χ0n) is 16.1. The number of benzene rings is 1. The van der Waals surface area contributed by atoms with Crippen molar-refractivity contribution in [1.29, 1.82) is 0 Å². The lowest BCUT2D eigenvalue weighted by molar-refractivity contribution is 0.248. The number of aliphatic hydroxyl groups is 1. The second-order valence-electron chi connectivity index (χ2n) is 6.96. The van der Waals surface area contributed by atoms with Crippen molar-refractivity contribution in [3.63, 3.8) is 0 Å². The maximum Gasteiger partial charge on any atom is 0.225 e. The number of nitrogens with zero attached hydrogens (tertiary/aromatic N) is 3. The molecule has 2 aromatic heterocycles. The number of pyridine rings is 1. The molecule has 146 valence electrons. The Morgan fingerprint density at radius 2 is 1.82 bits per heavy atom. The summed E-state index contributed by atoms with van der Waals surface area (Å²) >= 11 is 0. The van der Waals surface area contributed by atoms with Gasteiger partial charge in [0.15, 0.2) is 0 Å². The summed E-state index contributed by atoms with van der Waals surface area (Å²) in [5, 5.41) is 16.1. The summed E-state index contributed by atoms with van der Waals surface area (Å²) in [6.07, 6.45) is 3.40. The van der Waals surface area contributed by atoms with Crippen LogP contribution in [0.4, 0.5) is 21.8 Å². The number of aryl methyl sites for hydroxylation is 1. The summed E-state index contributed by atoms with van der Waals surface area (Å²) in [5.74, 6) is 0.894. The van der Waals surface area contributed by atoms with Gasteiger partial charge in [0.2, 0.25) is 5.95 Å². The number of nitrogens with one attached hydrogen (secondary N) is 2. The van der Waals surface area contributed by atoms with Crippen LogP contribution < -0.4 is 10.6 Å². The highest BCUT2D eigenvalue weighted by atomic mass is 19.1. The molecule has 0 aliphatic rings.